The fraction of sp³-hybridized carbons (Fsp3) is 0.176. The fourth-order valence-corrected chi connectivity index (χ4v) is 2.27. The molecule has 106 valence electrons. The molecule has 0 saturated carbocycles. The molecular formula is C17H17N3O. The number of benzene rings is 2. The summed E-state index contributed by atoms with van der Waals surface area (Å²) in [5, 5.41) is 2.93. The van der Waals surface area contributed by atoms with Crippen LogP contribution in [-0.4, -0.2) is 15.5 Å². The van der Waals surface area contributed by atoms with Gasteiger partial charge in [-0.1, -0.05) is 29.8 Å². The first kappa shape index (κ1) is 13.4. The smallest absolute Gasteiger partial charge is 0.251 e. The maximum atomic E-state index is 12.2. The topological polar surface area (TPSA) is 46.9 Å². The lowest BCUT2D eigenvalue weighted by molar-refractivity contribution is 0.0951. The Morgan fingerprint density at radius 2 is 1.95 bits per heavy atom. The van der Waals surface area contributed by atoms with E-state index in [4.69, 9.17) is 0 Å². The molecular weight excluding hydrogens is 262 g/mol. The van der Waals surface area contributed by atoms with Gasteiger partial charge in [0.15, 0.2) is 0 Å². The number of carbonyl (C=O) groups is 1. The van der Waals surface area contributed by atoms with Crippen molar-refractivity contribution in [1.29, 1.82) is 0 Å². The van der Waals surface area contributed by atoms with Gasteiger partial charge in [-0.15, -0.1) is 0 Å². The molecule has 0 aliphatic carbocycles. The summed E-state index contributed by atoms with van der Waals surface area (Å²) >= 11 is 0. The highest BCUT2D eigenvalue weighted by Crippen LogP contribution is 2.14. The molecule has 0 unspecified atom stereocenters. The van der Waals surface area contributed by atoms with Crippen LogP contribution in [0, 0.1) is 6.92 Å². The van der Waals surface area contributed by atoms with Gasteiger partial charge in [-0.2, -0.15) is 0 Å². The van der Waals surface area contributed by atoms with Gasteiger partial charge in [-0.25, -0.2) is 4.98 Å². The maximum Gasteiger partial charge on any atom is 0.251 e. The second-order valence-corrected chi connectivity index (χ2v) is 5.23. The van der Waals surface area contributed by atoms with Crippen molar-refractivity contribution in [1.82, 2.24) is 14.9 Å². The summed E-state index contributed by atoms with van der Waals surface area (Å²) in [6.45, 7) is 2.57. The van der Waals surface area contributed by atoms with E-state index in [0.717, 1.165) is 16.6 Å². The summed E-state index contributed by atoms with van der Waals surface area (Å²) < 4.78 is 1.93. The number of imidazole rings is 1. The van der Waals surface area contributed by atoms with E-state index in [2.05, 4.69) is 10.3 Å². The van der Waals surface area contributed by atoms with Crippen molar-refractivity contribution in [2.24, 2.45) is 7.05 Å². The van der Waals surface area contributed by atoms with Crippen LogP contribution in [0.4, 0.5) is 0 Å². The molecule has 0 fully saturated rings. The lowest BCUT2D eigenvalue weighted by Crippen LogP contribution is -2.22. The van der Waals surface area contributed by atoms with Crippen molar-refractivity contribution in [3.05, 3.63) is 65.5 Å². The van der Waals surface area contributed by atoms with Crippen molar-refractivity contribution < 1.29 is 4.79 Å². The molecule has 0 bridgehead atoms. The highest BCUT2D eigenvalue weighted by Gasteiger charge is 2.08. The van der Waals surface area contributed by atoms with Crippen LogP contribution in [0.2, 0.25) is 0 Å². The van der Waals surface area contributed by atoms with Gasteiger partial charge in [0.05, 0.1) is 17.4 Å². The summed E-state index contributed by atoms with van der Waals surface area (Å²) in [7, 11) is 1.94. The van der Waals surface area contributed by atoms with Gasteiger partial charge in [0.2, 0.25) is 0 Å². The average Bonchev–Trinajstić information content (AvgIpc) is 2.87. The third-order valence-electron chi connectivity index (χ3n) is 3.56. The van der Waals surface area contributed by atoms with Gasteiger partial charge in [-0.3, -0.25) is 4.79 Å². The first-order chi connectivity index (χ1) is 10.1. The fourth-order valence-electron chi connectivity index (χ4n) is 2.27. The van der Waals surface area contributed by atoms with E-state index in [1.807, 2.05) is 61.0 Å². The van der Waals surface area contributed by atoms with E-state index in [1.165, 1.54) is 5.56 Å². The van der Waals surface area contributed by atoms with Gasteiger partial charge in [0.1, 0.15) is 0 Å². The van der Waals surface area contributed by atoms with Gasteiger partial charge in [0, 0.05) is 19.2 Å². The molecule has 1 heterocycles. The Balaban J connectivity index is 1.73. The SMILES string of the molecule is Cc1ccc(CNC(=O)c2ccc3c(c2)ncn3C)cc1. The Kier molecular flexibility index (Phi) is 3.44. The van der Waals surface area contributed by atoms with Crippen LogP contribution in [0.3, 0.4) is 0 Å². The molecule has 1 N–H and O–H groups in total. The summed E-state index contributed by atoms with van der Waals surface area (Å²) in [5.41, 5.74) is 4.79. The average molecular weight is 279 g/mol. The van der Waals surface area contributed by atoms with E-state index in [-0.39, 0.29) is 5.91 Å². The van der Waals surface area contributed by atoms with E-state index in [1.54, 1.807) is 6.33 Å². The molecule has 4 heteroatoms. The van der Waals surface area contributed by atoms with Crippen LogP contribution < -0.4 is 5.32 Å². The number of nitrogens with one attached hydrogen (secondary N) is 1. The number of carbonyl (C=O) groups excluding carboxylic acids is 1. The number of hydrogen-bond acceptors (Lipinski definition) is 2. The number of amides is 1. The maximum absolute atomic E-state index is 12.2. The molecule has 21 heavy (non-hydrogen) atoms. The van der Waals surface area contributed by atoms with Crippen molar-refractivity contribution in [2.45, 2.75) is 13.5 Å². The Bertz CT molecular complexity index is 787. The third kappa shape index (κ3) is 2.79. The molecule has 3 rings (SSSR count). The second-order valence-electron chi connectivity index (χ2n) is 5.23. The van der Waals surface area contributed by atoms with Crippen LogP contribution in [0.5, 0.6) is 0 Å². The largest absolute Gasteiger partial charge is 0.348 e. The third-order valence-corrected chi connectivity index (χ3v) is 3.56. The zero-order valence-corrected chi connectivity index (χ0v) is 12.1. The van der Waals surface area contributed by atoms with E-state index < -0.39 is 0 Å². The lowest BCUT2D eigenvalue weighted by Gasteiger charge is -2.06. The summed E-state index contributed by atoms with van der Waals surface area (Å²) in [6, 6.07) is 13.7. The number of rotatable bonds is 3. The first-order valence-electron chi connectivity index (χ1n) is 6.88. The molecule has 0 saturated heterocycles. The predicted molar refractivity (Wildman–Crippen MR) is 83.1 cm³/mol. The number of hydrogen-bond donors (Lipinski definition) is 1. The minimum Gasteiger partial charge on any atom is -0.348 e. The number of aromatic nitrogens is 2. The molecule has 0 radical (unpaired) electrons. The minimum atomic E-state index is -0.0804. The molecule has 1 aromatic heterocycles. The Morgan fingerprint density at radius 1 is 1.19 bits per heavy atom. The molecule has 0 aliphatic heterocycles. The van der Waals surface area contributed by atoms with Gasteiger partial charge in [0.25, 0.3) is 5.91 Å². The van der Waals surface area contributed by atoms with Gasteiger partial charge in [-0.05, 0) is 30.7 Å². The quantitative estimate of drug-likeness (QED) is 0.801. The molecule has 3 aromatic rings. The molecule has 0 atom stereocenters. The number of nitrogens with zero attached hydrogens (tertiary/aromatic N) is 2. The molecule has 0 aliphatic rings. The second kappa shape index (κ2) is 5.40. The number of fused-ring (bicyclic) bond motifs is 1. The van der Waals surface area contributed by atoms with Gasteiger partial charge >= 0.3 is 0 Å². The standard InChI is InChI=1S/C17H17N3O/c1-12-3-5-13(6-4-12)10-18-17(21)14-7-8-16-15(9-14)19-11-20(16)2/h3-9,11H,10H2,1-2H3,(H,18,21). The summed E-state index contributed by atoms with van der Waals surface area (Å²) in [5.74, 6) is -0.0804. The zero-order chi connectivity index (χ0) is 14.8. The number of aryl methyl sites for hydroxylation is 2. The van der Waals surface area contributed by atoms with Crippen LogP contribution in [0.25, 0.3) is 11.0 Å². The normalized spacial score (nSPS) is 10.8. The Morgan fingerprint density at radius 3 is 2.71 bits per heavy atom. The predicted octanol–water partition coefficient (Wildman–Crippen LogP) is 2.81. The highest BCUT2D eigenvalue weighted by atomic mass is 16.1. The Hall–Kier alpha value is -2.62. The van der Waals surface area contributed by atoms with Crippen LogP contribution >= 0.6 is 0 Å². The Labute approximate surface area is 123 Å². The van der Waals surface area contributed by atoms with E-state index >= 15 is 0 Å². The van der Waals surface area contributed by atoms with Crippen LogP contribution in [-0.2, 0) is 13.6 Å². The van der Waals surface area contributed by atoms with E-state index in [9.17, 15) is 4.79 Å². The lowest BCUT2D eigenvalue weighted by atomic mass is 10.1. The monoisotopic (exact) mass is 279 g/mol. The molecule has 0 spiro atoms. The van der Waals surface area contributed by atoms with E-state index in [0.29, 0.717) is 12.1 Å². The van der Waals surface area contributed by atoms with Crippen molar-refractivity contribution in [3.8, 4) is 0 Å². The molecule has 2 aromatic carbocycles. The highest BCUT2D eigenvalue weighted by molar-refractivity contribution is 5.97. The molecule has 1 amide bonds. The molecule has 4 nitrogen and oxygen atoms in total. The van der Waals surface area contributed by atoms with Crippen molar-refractivity contribution in [3.63, 3.8) is 0 Å². The van der Waals surface area contributed by atoms with Crippen LogP contribution in [0.1, 0.15) is 21.5 Å². The minimum absolute atomic E-state index is 0.0804. The summed E-state index contributed by atoms with van der Waals surface area (Å²) in [6.07, 6.45) is 1.75. The van der Waals surface area contributed by atoms with Crippen molar-refractivity contribution >= 4 is 16.9 Å². The van der Waals surface area contributed by atoms with Gasteiger partial charge < -0.3 is 9.88 Å². The first-order valence-corrected chi connectivity index (χ1v) is 6.88. The van der Waals surface area contributed by atoms with Crippen LogP contribution in [0.15, 0.2) is 48.8 Å². The zero-order valence-electron chi connectivity index (χ0n) is 12.1. The van der Waals surface area contributed by atoms with Crippen molar-refractivity contribution in [2.75, 3.05) is 0 Å². The summed E-state index contributed by atoms with van der Waals surface area (Å²) in [4.78, 5) is 16.5.